The van der Waals surface area contributed by atoms with E-state index < -0.39 is 0 Å². The van der Waals surface area contributed by atoms with Crippen molar-refractivity contribution in [2.45, 2.75) is 32.1 Å². The van der Waals surface area contributed by atoms with E-state index >= 15 is 0 Å². The fourth-order valence-electron chi connectivity index (χ4n) is 4.26. The molecular formula is C30H40N6S. The van der Waals surface area contributed by atoms with Crippen molar-refractivity contribution < 1.29 is 0 Å². The van der Waals surface area contributed by atoms with Gasteiger partial charge in [-0.2, -0.15) is 0 Å². The van der Waals surface area contributed by atoms with Crippen LogP contribution in [0, 0.1) is 0 Å². The Morgan fingerprint density at radius 2 is 1.68 bits per heavy atom. The second kappa shape index (κ2) is 16.1. The zero-order valence-electron chi connectivity index (χ0n) is 21.6. The van der Waals surface area contributed by atoms with Gasteiger partial charge in [-0.3, -0.25) is 9.88 Å². The third kappa shape index (κ3) is 10.6. The highest BCUT2D eigenvalue weighted by Gasteiger charge is 2.08. The summed E-state index contributed by atoms with van der Waals surface area (Å²) in [5.41, 5.74) is 3.77. The number of dihydropyridines is 1. The van der Waals surface area contributed by atoms with Crippen molar-refractivity contribution in [3.05, 3.63) is 112 Å². The molecule has 37 heavy (non-hydrogen) atoms. The largest absolute Gasteiger partial charge is 0.383 e. The Bertz CT molecular complexity index is 1050. The van der Waals surface area contributed by atoms with Crippen LogP contribution in [0.1, 0.15) is 21.7 Å². The van der Waals surface area contributed by atoms with Crippen LogP contribution in [0.5, 0.6) is 0 Å². The Balaban J connectivity index is 1.20. The second-order valence-electron chi connectivity index (χ2n) is 9.32. The molecule has 0 saturated carbocycles. The number of aromatic nitrogens is 1. The van der Waals surface area contributed by atoms with Crippen LogP contribution in [-0.2, 0) is 26.1 Å². The van der Waals surface area contributed by atoms with Crippen molar-refractivity contribution in [1.29, 1.82) is 0 Å². The van der Waals surface area contributed by atoms with Crippen LogP contribution >= 0.6 is 11.3 Å². The number of allylic oxidation sites excluding steroid dienone is 2. The standard InChI is InChI=1S/C30H40N6S/c1-3-14-34-28(6-1)23-32-17-19-36(20-18-33-24-29-7-2-4-15-35-29)25-27-11-9-26(10-12-27)22-31-16-13-30-8-5-21-37-30/h1-12,14-15,21,28,31-34H,13,16-20,22-25H2. The van der Waals surface area contributed by atoms with E-state index in [1.54, 1.807) is 0 Å². The fraction of sp³-hybridized carbons (Fsp3) is 0.367. The number of nitrogens with zero attached hydrogens (tertiary/aromatic N) is 2. The molecule has 0 amide bonds. The van der Waals surface area contributed by atoms with E-state index in [0.29, 0.717) is 6.04 Å². The van der Waals surface area contributed by atoms with E-state index in [1.165, 1.54) is 16.0 Å². The summed E-state index contributed by atoms with van der Waals surface area (Å²) in [4.78, 5) is 8.37. The number of rotatable bonds is 17. The van der Waals surface area contributed by atoms with Gasteiger partial charge in [0, 0.05) is 70.0 Å². The molecule has 4 rings (SSSR count). The summed E-state index contributed by atoms with van der Waals surface area (Å²) < 4.78 is 0. The molecule has 1 atom stereocenters. The Morgan fingerprint density at radius 1 is 0.838 bits per heavy atom. The monoisotopic (exact) mass is 516 g/mol. The van der Waals surface area contributed by atoms with Crippen molar-refractivity contribution >= 4 is 11.3 Å². The van der Waals surface area contributed by atoms with Crippen molar-refractivity contribution in [1.82, 2.24) is 31.2 Å². The molecule has 0 radical (unpaired) electrons. The van der Waals surface area contributed by atoms with Gasteiger partial charge in [0.05, 0.1) is 11.7 Å². The van der Waals surface area contributed by atoms with Gasteiger partial charge in [0.15, 0.2) is 0 Å². The zero-order valence-corrected chi connectivity index (χ0v) is 22.4. The maximum absolute atomic E-state index is 4.41. The minimum absolute atomic E-state index is 0.366. The molecule has 3 heterocycles. The molecule has 1 aliphatic rings. The summed E-state index contributed by atoms with van der Waals surface area (Å²) >= 11 is 1.83. The van der Waals surface area contributed by atoms with Crippen molar-refractivity contribution in [3.8, 4) is 0 Å². The van der Waals surface area contributed by atoms with Gasteiger partial charge in [0.2, 0.25) is 0 Å². The lowest BCUT2D eigenvalue weighted by molar-refractivity contribution is 0.263. The molecular weight excluding hydrogens is 476 g/mol. The predicted octanol–water partition coefficient (Wildman–Crippen LogP) is 3.70. The summed E-state index contributed by atoms with van der Waals surface area (Å²) in [5, 5.41) is 16.2. The molecule has 1 aromatic carbocycles. The highest BCUT2D eigenvalue weighted by Crippen LogP contribution is 2.10. The number of hydrogen-bond acceptors (Lipinski definition) is 7. The Morgan fingerprint density at radius 3 is 2.43 bits per heavy atom. The minimum Gasteiger partial charge on any atom is -0.383 e. The highest BCUT2D eigenvalue weighted by atomic mass is 32.1. The van der Waals surface area contributed by atoms with Crippen molar-refractivity contribution in [2.24, 2.45) is 0 Å². The van der Waals surface area contributed by atoms with Gasteiger partial charge in [-0.25, -0.2) is 0 Å². The lowest BCUT2D eigenvalue weighted by atomic mass is 10.1. The van der Waals surface area contributed by atoms with Gasteiger partial charge in [-0.05, 0) is 53.4 Å². The summed E-state index contributed by atoms with van der Waals surface area (Å²) in [6.07, 6.45) is 11.3. The van der Waals surface area contributed by atoms with Crippen LogP contribution in [0.25, 0.3) is 0 Å². The summed E-state index contributed by atoms with van der Waals surface area (Å²) in [6.45, 7) is 8.49. The normalized spacial score (nSPS) is 14.8. The third-order valence-electron chi connectivity index (χ3n) is 6.35. The third-order valence-corrected chi connectivity index (χ3v) is 7.29. The van der Waals surface area contributed by atoms with Gasteiger partial charge in [-0.15, -0.1) is 11.3 Å². The number of nitrogens with one attached hydrogen (secondary N) is 4. The number of pyridine rings is 1. The number of thiophene rings is 1. The first-order valence-electron chi connectivity index (χ1n) is 13.3. The van der Waals surface area contributed by atoms with Crippen LogP contribution in [0.3, 0.4) is 0 Å². The molecule has 4 N–H and O–H groups in total. The van der Waals surface area contributed by atoms with Crippen LogP contribution in [0.15, 0.2) is 90.6 Å². The van der Waals surface area contributed by atoms with E-state index in [1.807, 2.05) is 41.9 Å². The summed E-state index contributed by atoms with van der Waals surface area (Å²) in [5.74, 6) is 0. The first kappa shape index (κ1) is 27.2. The molecule has 6 nitrogen and oxygen atoms in total. The number of hydrogen-bond donors (Lipinski definition) is 4. The molecule has 2 aromatic heterocycles. The maximum Gasteiger partial charge on any atom is 0.0566 e. The molecule has 196 valence electrons. The molecule has 1 unspecified atom stereocenters. The lowest BCUT2D eigenvalue weighted by Gasteiger charge is -2.24. The van der Waals surface area contributed by atoms with Crippen LogP contribution in [-0.4, -0.2) is 55.2 Å². The Labute approximate surface area is 225 Å². The van der Waals surface area contributed by atoms with Gasteiger partial charge >= 0.3 is 0 Å². The topological polar surface area (TPSA) is 64.2 Å². The molecule has 7 heteroatoms. The minimum atomic E-state index is 0.366. The fourth-order valence-corrected chi connectivity index (χ4v) is 4.97. The first-order valence-corrected chi connectivity index (χ1v) is 14.2. The molecule has 3 aromatic rings. The average molecular weight is 517 g/mol. The molecule has 0 saturated heterocycles. The second-order valence-corrected chi connectivity index (χ2v) is 10.4. The van der Waals surface area contributed by atoms with Crippen molar-refractivity contribution in [3.63, 3.8) is 0 Å². The van der Waals surface area contributed by atoms with E-state index in [2.05, 4.69) is 91.1 Å². The molecule has 1 aliphatic heterocycles. The highest BCUT2D eigenvalue weighted by molar-refractivity contribution is 7.09. The number of benzene rings is 1. The quantitative estimate of drug-likeness (QED) is 0.205. The van der Waals surface area contributed by atoms with Crippen molar-refractivity contribution in [2.75, 3.05) is 39.3 Å². The van der Waals surface area contributed by atoms with Gasteiger partial charge in [-0.1, -0.05) is 48.6 Å². The SMILES string of the molecule is C1=CNC(CNCCN(CCNCc2ccccn2)Cc2ccc(CNCCc3cccs3)cc2)C=C1. The predicted molar refractivity (Wildman–Crippen MR) is 155 cm³/mol. The van der Waals surface area contributed by atoms with Gasteiger partial charge in [0.1, 0.15) is 0 Å². The zero-order chi connectivity index (χ0) is 25.4. The van der Waals surface area contributed by atoms with Crippen LogP contribution in [0.4, 0.5) is 0 Å². The Hall–Kier alpha value is -2.81. The molecule has 0 fully saturated rings. The van der Waals surface area contributed by atoms with Gasteiger partial charge in [0.25, 0.3) is 0 Å². The van der Waals surface area contributed by atoms with E-state index in [9.17, 15) is 0 Å². The lowest BCUT2D eigenvalue weighted by Crippen LogP contribution is -2.40. The maximum atomic E-state index is 4.41. The van der Waals surface area contributed by atoms with E-state index in [4.69, 9.17) is 0 Å². The van der Waals surface area contributed by atoms with Crippen LogP contribution in [0.2, 0.25) is 0 Å². The van der Waals surface area contributed by atoms with Gasteiger partial charge < -0.3 is 21.3 Å². The first-order chi connectivity index (χ1) is 18.3. The molecule has 0 bridgehead atoms. The van der Waals surface area contributed by atoms with Crippen LogP contribution < -0.4 is 21.3 Å². The van der Waals surface area contributed by atoms with E-state index in [-0.39, 0.29) is 0 Å². The summed E-state index contributed by atoms with van der Waals surface area (Å²) in [6, 6.07) is 19.8. The molecule has 0 spiro atoms. The molecule has 0 aliphatic carbocycles. The average Bonchev–Trinajstić information content (AvgIpc) is 3.47. The Kier molecular flexibility index (Phi) is 11.9. The smallest absolute Gasteiger partial charge is 0.0566 e. The summed E-state index contributed by atoms with van der Waals surface area (Å²) in [7, 11) is 0. The van der Waals surface area contributed by atoms with E-state index in [0.717, 1.165) is 71.0 Å².